The number of halogens is 3. The van der Waals surface area contributed by atoms with Crippen molar-refractivity contribution < 1.29 is 27.8 Å². The number of carboxylic acid groups (broad SMARTS) is 1. The summed E-state index contributed by atoms with van der Waals surface area (Å²) in [5.74, 6) is -1.06. The third-order valence-electron chi connectivity index (χ3n) is 3.00. The van der Waals surface area contributed by atoms with E-state index in [-0.39, 0.29) is 37.1 Å². The predicted octanol–water partition coefficient (Wildman–Crippen LogP) is 1.27. The zero-order valence-electron chi connectivity index (χ0n) is 10.2. The second kappa shape index (κ2) is 5.23. The Balaban J connectivity index is 2.26. The topological polar surface area (TPSA) is 92.3 Å². The van der Waals surface area contributed by atoms with Crippen molar-refractivity contribution in [3.05, 3.63) is 27.2 Å². The van der Waals surface area contributed by atoms with Crippen LogP contribution in [0.1, 0.15) is 35.8 Å². The molecule has 2 N–H and O–H groups in total. The molecule has 1 aliphatic rings. The van der Waals surface area contributed by atoms with Crippen molar-refractivity contribution in [2.75, 3.05) is 6.61 Å². The minimum atomic E-state index is -4.75. The van der Waals surface area contributed by atoms with Gasteiger partial charge in [-0.3, -0.25) is 9.59 Å². The number of aliphatic carboxylic acids is 1. The minimum Gasteiger partial charge on any atom is -0.481 e. The Labute approximate surface area is 110 Å². The largest absolute Gasteiger partial charge is 0.481 e. The first kappa shape index (κ1) is 14.5. The number of aromatic amines is 1. The van der Waals surface area contributed by atoms with Gasteiger partial charge in [0, 0.05) is 0 Å². The summed E-state index contributed by atoms with van der Waals surface area (Å²) in [5.41, 5.74) is -2.65. The molecule has 1 aromatic rings. The van der Waals surface area contributed by atoms with Crippen molar-refractivity contribution in [2.24, 2.45) is 0 Å². The summed E-state index contributed by atoms with van der Waals surface area (Å²) >= 11 is 0. The summed E-state index contributed by atoms with van der Waals surface area (Å²) in [7, 11) is 0. The molecular formula is C11H11F3N2O4. The van der Waals surface area contributed by atoms with Crippen LogP contribution in [0.2, 0.25) is 0 Å². The fourth-order valence-corrected chi connectivity index (χ4v) is 2.18. The third-order valence-corrected chi connectivity index (χ3v) is 3.00. The molecule has 2 rings (SSSR count). The van der Waals surface area contributed by atoms with E-state index in [1.807, 2.05) is 5.10 Å². The number of rotatable bonds is 4. The Bertz CT molecular complexity index is 582. The number of alkyl halides is 3. The smallest absolute Gasteiger partial charge is 0.422 e. The van der Waals surface area contributed by atoms with Crippen LogP contribution in [0, 0.1) is 0 Å². The SMILES string of the molecule is O=C(O)CCOC1CCc2c1n[nH]c(=O)c2C(F)(F)F. The summed E-state index contributed by atoms with van der Waals surface area (Å²) in [6.07, 6.45) is -5.46. The number of carbonyl (C=O) groups is 1. The van der Waals surface area contributed by atoms with Crippen molar-refractivity contribution in [1.29, 1.82) is 0 Å². The van der Waals surface area contributed by atoms with Crippen LogP contribution in [-0.2, 0) is 22.1 Å². The molecule has 1 aromatic heterocycles. The van der Waals surface area contributed by atoms with Gasteiger partial charge in [-0.2, -0.15) is 18.3 Å². The average molecular weight is 292 g/mol. The van der Waals surface area contributed by atoms with Crippen molar-refractivity contribution in [3.8, 4) is 0 Å². The molecule has 1 heterocycles. The van der Waals surface area contributed by atoms with E-state index >= 15 is 0 Å². The summed E-state index contributed by atoms with van der Waals surface area (Å²) in [6, 6.07) is 0. The van der Waals surface area contributed by atoms with E-state index < -0.39 is 29.4 Å². The lowest BCUT2D eigenvalue weighted by molar-refractivity contribution is -0.139. The summed E-state index contributed by atoms with van der Waals surface area (Å²) in [4.78, 5) is 21.6. The maximum atomic E-state index is 12.8. The predicted molar refractivity (Wildman–Crippen MR) is 59.1 cm³/mol. The van der Waals surface area contributed by atoms with Gasteiger partial charge in [-0.1, -0.05) is 0 Å². The van der Waals surface area contributed by atoms with E-state index in [0.717, 1.165) is 0 Å². The molecule has 0 bridgehead atoms. The zero-order valence-corrected chi connectivity index (χ0v) is 10.2. The first-order valence-electron chi connectivity index (χ1n) is 5.82. The number of aromatic nitrogens is 2. The number of nitrogens with zero attached hydrogens (tertiary/aromatic N) is 1. The molecule has 0 aromatic carbocycles. The Kier molecular flexibility index (Phi) is 3.80. The highest BCUT2D eigenvalue weighted by molar-refractivity contribution is 5.66. The van der Waals surface area contributed by atoms with Gasteiger partial charge in [0.15, 0.2) is 0 Å². The van der Waals surface area contributed by atoms with E-state index in [2.05, 4.69) is 5.10 Å². The molecule has 1 unspecified atom stereocenters. The number of hydrogen-bond donors (Lipinski definition) is 2. The highest BCUT2D eigenvalue weighted by Crippen LogP contribution is 2.38. The van der Waals surface area contributed by atoms with Gasteiger partial charge in [-0.05, 0) is 18.4 Å². The molecule has 1 atom stereocenters. The molecule has 0 saturated carbocycles. The van der Waals surface area contributed by atoms with E-state index in [9.17, 15) is 22.8 Å². The van der Waals surface area contributed by atoms with E-state index in [4.69, 9.17) is 9.84 Å². The second-order valence-electron chi connectivity index (χ2n) is 4.33. The molecule has 0 aliphatic heterocycles. The van der Waals surface area contributed by atoms with Gasteiger partial charge in [0.2, 0.25) is 0 Å². The maximum absolute atomic E-state index is 12.8. The Morgan fingerprint density at radius 3 is 2.80 bits per heavy atom. The summed E-state index contributed by atoms with van der Waals surface area (Å²) in [5, 5.41) is 13.9. The van der Waals surface area contributed by atoms with Crippen LogP contribution in [0.4, 0.5) is 13.2 Å². The average Bonchev–Trinajstić information content (AvgIpc) is 2.69. The Morgan fingerprint density at radius 1 is 1.50 bits per heavy atom. The molecule has 20 heavy (non-hydrogen) atoms. The fourth-order valence-electron chi connectivity index (χ4n) is 2.18. The van der Waals surface area contributed by atoms with Crippen LogP contribution in [0.25, 0.3) is 0 Å². The van der Waals surface area contributed by atoms with Crippen molar-refractivity contribution in [2.45, 2.75) is 31.5 Å². The zero-order chi connectivity index (χ0) is 14.9. The molecule has 0 amide bonds. The van der Waals surface area contributed by atoms with Crippen molar-refractivity contribution in [1.82, 2.24) is 10.2 Å². The molecule has 0 spiro atoms. The lowest BCUT2D eigenvalue weighted by Crippen LogP contribution is -2.26. The third kappa shape index (κ3) is 2.82. The summed E-state index contributed by atoms with van der Waals surface area (Å²) in [6.45, 7) is -0.123. The van der Waals surface area contributed by atoms with Gasteiger partial charge in [-0.15, -0.1) is 0 Å². The normalized spacial score (nSPS) is 18.1. The highest BCUT2D eigenvalue weighted by Gasteiger charge is 2.41. The monoisotopic (exact) mass is 292 g/mol. The number of fused-ring (bicyclic) bond motifs is 1. The number of H-pyrrole nitrogens is 1. The lowest BCUT2D eigenvalue weighted by atomic mass is 10.1. The van der Waals surface area contributed by atoms with Crippen LogP contribution in [0.3, 0.4) is 0 Å². The molecule has 0 saturated heterocycles. The van der Waals surface area contributed by atoms with Gasteiger partial charge < -0.3 is 9.84 Å². The van der Waals surface area contributed by atoms with Gasteiger partial charge in [-0.25, -0.2) is 5.10 Å². The van der Waals surface area contributed by atoms with Gasteiger partial charge >= 0.3 is 12.1 Å². The molecule has 9 heteroatoms. The number of nitrogens with one attached hydrogen (secondary N) is 1. The molecule has 1 aliphatic carbocycles. The van der Waals surface area contributed by atoms with Crippen molar-refractivity contribution in [3.63, 3.8) is 0 Å². The minimum absolute atomic E-state index is 0.0266. The maximum Gasteiger partial charge on any atom is 0.422 e. The molecule has 6 nitrogen and oxygen atoms in total. The molecule has 0 fully saturated rings. The second-order valence-corrected chi connectivity index (χ2v) is 4.33. The van der Waals surface area contributed by atoms with Gasteiger partial charge in [0.25, 0.3) is 5.56 Å². The van der Waals surface area contributed by atoms with E-state index in [1.54, 1.807) is 0 Å². The van der Waals surface area contributed by atoms with Crippen LogP contribution in [0.15, 0.2) is 4.79 Å². The van der Waals surface area contributed by atoms with Crippen LogP contribution >= 0.6 is 0 Å². The molecule has 110 valence electrons. The Morgan fingerprint density at radius 2 is 2.20 bits per heavy atom. The van der Waals surface area contributed by atoms with Crippen LogP contribution in [-0.4, -0.2) is 27.9 Å². The van der Waals surface area contributed by atoms with Gasteiger partial charge in [0.05, 0.1) is 18.7 Å². The van der Waals surface area contributed by atoms with Crippen LogP contribution in [0.5, 0.6) is 0 Å². The Hall–Kier alpha value is -1.90. The molecular weight excluding hydrogens is 281 g/mol. The first-order valence-corrected chi connectivity index (χ1v) is 5.82. The number of ether oxygens (including phenoxy) is 1. The molecule has 0 radical (unpaired) electrons. The fraction of sp³-hybridized carbons (Fsp3) is 0.545. The van der Waals surface area contributed by atoms with Crippen LogP contribution < -0.4 is 5.56 Å². The van der Waals surface area contributed by atoms with E-state index in [1.165, 1.54) is 0 Å². The lowest BCUT2D eigenvalue weighted by Gasteiger charge is -2.13. The first-order chi connectivity index (χ1) is 9.30. The highest BCUT2D eigenvalue weighted by atomic mass is 19.4. The summed E-state index contributed by atoms with van der Waals surface area (Å²) < 4.78 is 43.7. The number of hydrogen-bond acceptors (Lipinski definition) is 4. The van der Waals surface area contributed by atoms with Crippen molar-refractivity contribution >= 4 is 5.97 Å². The van der Waals surface area contributed by atoms with Gasteiger partial charge in [0.1, 0.15) is 11.7 Å². The van der Waals surface area contributed by atoms with E-state index in [0.29, 0.717) is 0 Å². The quantitative estimate of drug-likeness (QED) is 0.871. The number of carboxylic acids is 1. The standard InChI is InChI=1S/C11H11F3N2O4/c12-11(13,14)8-5-1-2-6(20-4-3-7(17)18)9(5)15-16-10(8)19/h6H,1-4H2,(H,16,19)(H,17,18).